The van der Waals surface area contributed by atoms with Gasteiger partial charge in [-0.15, -0.1) is 0 Å². The summed E-state index contributed by atoms with van der Waals surface area (Å²) in [5.41, 5.74) is 1.45. The van der Waals surface area contributed by atoms with E-state index in [1.54, 1.807) is 23.1 Å². The van der Waals surface area contributed by atoms with Gasteiger partial charge in [0, 0.05) is 37.0 Å². The number of nitro groups is 1. The van der Waals surface area contributed by atoms with Gasteiger partial charge in [-0.1, -0.05) is 18.2 Å². The van der Waals surface area contributed by atoms with Crippen LogP contribution in [0, 0.1) is 16.0 Å². The highest BCUT2D eigenvalue weighted by Crippen LogP contribution is 2.20. The molecule has 1 aliphatic heterocycles. The summed E-state index contributed by atoms with van der Waals surface area (Å²) in [6, 6.07) is 15.2. The fourth-order valence-electron chi connectivity index (χ4n) is 3.14. The van der Waals surface area contributed by atoms with Gasteiger partial charge in [-0.25, -0.2) is 0 Å². The van der Waals surface area contributed by atoms with Gasteiger partial charge >= 0.3 is 0 Å². The second-order valence-electron chi connectivity index (χ2n) is 6.66. The number of nitrogens with one attached hydrogen (secondary N) is 1. The zero-order valence-electron chi connectivity index (χ0n) is 15.3. The normalized spacial score (nSPS) is 16.7. The van der Waals surface area contributed by atoms with E-state index in [0.717, 1.165) is 18.5 Å². The molecule has 1 heterocycles. The van der Waals surface area contributed by atoms with E-state index in [2.05, 4.69) is 5.32 Å². The van der Waals surface area contributed by atoms with Crippen LogP contribution in [0.1, 0.15) is 18.4 Å². The molecule has 2 aromatic rings. The summed E-state index contributed by atoms with van der Waals surface area (Å²) < 4.78 is 0. The summed E-state index contributed by atoms with van der Waals surface area (Å²) in [6.07, 6.45) is 4.58. The van der Waals surface area contributed by atoms with E-state index in [1.807, 2.05) is 30.3 Å². The number of hydrogen-bond acceptors (Lipinski definition) is 4. The minimum atomic E-state index is -0.465. The van der Waals surface area contributed by atoms with Gasteiger partial charge in [-0.3, -0.25) is 19.7 Å². The minimum absolute atomic E-state index is 0.00628. The van der Waals surface area contributed by atoms with Crippen LogP contribution >= 0.6 is 0 Å². The van der Waals surface area contributed by atoms with Gasteiger partial charge in [0.2, 0.25) is 11.8 Å². The second-order valence-corrected chi connectivity index (χ2v) is 6.66. The van der Waals surface area contributed by atoms with Crippen molar-refractivity contribution in [1.29, 1.82) is 0 Å². The monoisotopic (exact) mass is 379 g/mol. The topological polar surface area (TPSA) is 92.6 Å². The Labute approximate surface area is 162 Å². The van der Waals surface area contributed by atoms with Crippen molar-refractivity contribution in [2.75, 3.05) is 18.4 Å². The summed E-state index contributed by atoms with van der Waals surface area (Å²) in [5, 5.41) is 13.6. The first kappa shape index (κ1) is 19.3. The van der Waals surface area contributed by atoms with Crippen molar-refractivity contribution in [3.63, 3.8) is 0 Å². The molecular weight excluding hydrogens is 358 g/mol. The van der Waals surface area contributed by atoms with Crippen molar-refractivity contribution in [3.05, 3.63) is 76.4 Å². The number of nitro benzene ring substituents is 1. The molecule has 0 saturated carbocycles. The van der Waals surface area contributed by atoms with Crippen molar-refractivity contribution >= 4 is 29.3 Å². The highest BCUT2D eigenvalue weighted by molar-refractivity contribution is 5.95. The zero-order valence-corrected chi connectivity index (χ0v) is 15.3. The molecule has 144 valence electrons. The van der Waals surface area contributed by atoms with E-state index in [0.29, 0.717) is 18.7 Å². The highest BCUT2D eigenvalue weighted by atomic mass is 16.6. The molecule has 1 aliphatic rings. The number of para-hydroxylation sites is 1. The minimum Gasteiger partial charge on any atom is -0.338 e. The predicted octanol–water partition coefficient (Wildman–Crippen LogP) is 3.49. The number of piperidine rings is 1. The molecule has 3 rings (SSSR count). The lowest BCUT2D eigenvalue weighted by atomic mass is 9.97. The lowest BCUT2D eigenvalue weighted by molar-refractivity contribution is -0.384. The molecule has 7 heteroatoms. The van der Waals surface area contributed by atoms with Gasteiger partial charge in [0.05, 0.1) is 10.8 Å². The van der Waals surface area contributed by atoms with Crippen molar-refractivity contribution in [1.82, 2.24) is 4.90 Å². The largest absolute Gasteiger partial charge is 0.338 e. The Morgan fingerprint density at radius 3 is 2.50 bits per heavy atom. The van der Waals surface area contributed by atoms with Crippen LogP contribution in [0.4, 0.5) is 11.4 Å². The molecule has 1 N–H and O–H groups in total. The molecule has 1 saturated heterocycles. The molecule has 0 radical (unpaired) electrons. The van der Waals surface area contributed by atoms with E-state index < -0.39 is 4.92 Å². The molecule has 0 aliphatic carbocycles. The molecule has 1 unspecified atom stereocenters. The summed E-state index contributed by atoms with van der Waals surface area (Å²) in [4.78, 5) is 36.8. The van der Waals surface area contributed by atoms with Gasteiger partial charge in [-0.2, -0.15) is 0 Å². The first-order valence-corrected chi connectivity index (χ1v) is 9.10. The molecule has 2 aromatic carbocycles. The van der Waals surface area contributed by atoms with Crippen LogP contribution in [0.15, 0.2) is 60.7 Å². The van der Waals surface area contributed by atoms with E-state index in [-0.39, 0.29) is 23.4 Å². The van der Waals surface area contributed by atoms with Crippen molar-refractivity contribution in [2.45, 2.75) is 12.8 Å². The predicted molar refractivity (Wildman–Crippen MR) is 107 cm³/mol. The Morgan fingerprint density at radius 1 is 1.11 bits per heavy atom. The number of nitrogens with zero attached hydrogens (tertiary/aromatic N) is 2. The van der Waals surface area contributed by atoms with Gasteiger partial charge < -0.3 is 10.2 Å². The molecule has 0 aromatic heterocycles. The van der Waals surface area contributed by atoms with Gasteiger partial charge in [0.1, 0.15) is 0 Å². The molecule has 2 amide bonds. The summed E-state index contributed by atoms with van der Waals surface area (Å²) in [5.74, 6) is -0.496. The second kappa shape index (κ2) is 8.94. The molecule has 28 heavy (non-hydrogen) atoms. The van der Waals surface area contributed by atoms with Crippen LogP contribution < -0.4 is 5.32 Å². The maximum absolute atomic E-state index is 12.5. The first-order chi connectivity index (χ1) is 13.5. The zero-order chi connectivity index (χ0) is 19.9. The summed E-state index contributed by atoms with van der Waals surface area (Å²) in [7, 11) is 0. The van der Waals surface area contributed by atoms with Crippen LogP contribution in [-0.2, 0) is 9.59 Å². The number of anilines is 1. The smallest absolute Gasteiger partial charge is 0.269 e. The number of benzene rings is 2. The van der Waals surface area contributed by atoms with Crippen molar-refractivity contribution < 1.29 is 14.5 Å². The summed E-state index contributed by atoms with van der Waals surface area (Å²) in [6.45, 7) is 0.987. The van der Waals surface area contributed by atoms with E-state index in [9.17, 15) is 19.7 Å². The van der Waals surface area contributed by atoms with Crippen LogP contribution in [-0.4, -0.2) is 34.7 Å². The average Bonchev–Trinajstić information content (AvgIpc) is 2.73. The Kier molecular flexibility index (Phi) is 6.16. The third kappa shape index (κ3) is 5.03. The van der Waals surface area contributed by atoms with Crippen LogP contribution in [0.25, 0.3) is 6.08 Å². The van der Waals surface area contributed by atoms with Crippen LogP contribution in [0.5, 0.6) is 0 Å². The number of rotatable bonds is 5. The first-order valence-electron chi connectivity index (χ1n) is 9.10. The number of likely N-dealkylation sites (tertiary alicyclic amines) is 1. The highest BCUT2D eigenvalue weighted by Gasteiger charge is 2.27. The van der Waals surface area contributed by atoms with E-state index >= 15 is 0 Å². The Balaban J connectivity index is 1.57. The third-order valence-corrected chi connectivity index (χ3v) is 4.67. The Hall–Kier alpha value is -3.48. The quantitative estimate of drug-likeness (QED) is 0.489. The van der Waals surface area contributed by atoms with E-state index in [4.69, 9.17) is 0 Å². The van der Waals surface area contributed by atoms with Crippen molar-refractivity contribution in [2.24, 2.45) is 5.92 Å². The standard InChI is InChI=1S/C21H21N3O4/c25-20(13-10-16-8-11-19(12-9-16)24(27)28)23-14-4-5-17(15-23)21(26)22-18-6-2-1-3-7-18/h1-3,6-13,17H,4-5,14-15H2,(H,22,26). The van der Waals surface area contributed by atoms with Gasteiger partial charge in [-0.05, 0) is 48.7 Å². The van der Waals surface area contributed by atoms with Gasteiger partial charge in [0.25, 0.3) is 5.69 Å². The molecule has 0 spiro atoms. The summed E-state index contributed by atoms with van der Waals surface area (Å²) >= 11 is 0. The maximum Gasteiger partial charge on any atom is 0.269 e. The average molecular weight is 379 g/mol. The Bertz CT molecular complexity index is 878. The van der Waals surface area contributed by atoms with Crippen LogP contribution in [0.2, 0.25) is 0 Å². The SMILES string of the molecule is O=C(Nc1ccccc1)C1CCCN(C(=O)C=Cc2ccc([N+](=O)[O-])cc2)C1. The lowest BCUT2D eigenvalue weighted by Gasteiger charge is -2.31. The molecule has 1 fully saturated rings. The number of hydrogen-bond donors (Lipinski definition) is 1. The third-order valence-electron chi connectivity index (χ3n) is 4.67. The Morgan fingerprint density at radius 2 is 1.82 bits per heavy atom. The maximum atomic E-state index is 12.5. The van der Waals surface area contributed by atoms with E-state index in [1.165, 1.54) is 18.2 Å². The molecular formula is C21H21N3O4. The number of carbonyl (C=O) groups is 2. The van der Waals surface area contributed by atoms with Gasteiger partial charge in [0.15, 0.2) is 0 Å². The lowest BCUT2D eigenvalue weighted by Crippen LogP contribution is -2.43. The molecule has 7 nitrogen and oxygen atoms in total. The number of amides is 2. The fourth-order valence-corrected chi connectivity index (χ4v) is 3.14. The van der Waals surface area contributed by atoms with Crippen molar-refractivity contribution in [3.8, 4) is 0 Å². The molecule has 0 bridgehead atoms. The fraction of sp³-hybridized carbons (Fsp3) is 0.238. The molecule has 1 atom stereocenters. The number of non-ortho nitro benzene ring substituents is 1. The van der Waals surface area contributed by atoms with Crippen LogP contribution in [0.3, 0.4) is 0 Å². The number of carbonyl (C=O) groups excluding carboxylic acids is 2.